The van der Waals surface area contributed by atoms with Crippen LogP contribution in [0.25, 0.3) is 10.8 Å². The molecule has 0 bridgehead atoms. The number of aromatic carboxylic acids is 1. The van der Waals surface area contributed by atoms with Crippen molar-refractivity contribution in [1.29, 1.82) is 0 Å². The summed E-state index contributed by atoms with van der Waals surface area (Å²) in [5.41, 5.74) is 2.08. The Morgan fingerprint density at radius 1 is 0.974 bits per heavy atom. The van der Waals surface area contributed by atoms with E-state index in [1.807, 2.05) is 12.1 Å². The molecular weight excluding hydrogens is 484 g/mol. The first-order valence-corrected chi connectivity index (χ1v) is 15.7. The van der Waals surface area contributed by atoms with E-state index >= 15 is 0 Å². The monoisotopic (exact) mass is 532 g/mol. The van der Waals surface area contributed by atoms with Crippen molar-refractivity contribution >= 4 is 16.7 Å². The second kappa shape index (κ2) is 9.87. The smallest absolute Gasteiger partial charge is 0.336 e. The summed E-state index contributed by atoms with van der Waals surface area (Å²) in [5.74, 6) is 2.48. The zero-order valence-electron chi connectivity index (χ0n) is 24.3. The molecule has 0 heterocycles. The highest BCUT2D eigenvalue weighted by atomic mass is 16.4. The van der Waals surface area contributed by atoms with Crippen LogP contribution in [-0.2, 0) is 6.42 Å². The van der Waals surface area contributed by atoms with Crippen LogP contribution >= 0.6 is 0 Å². The highest BCUT2D eigenvalue weighted by Gasteiger charge is 2.64. The van der Waals surface area contributed by atoms with Crippen LogP contribution in [0.5, 0.6) is 0 Å². The van der Waals surface area contributed by atoms with E-state index in [2.05, 4.69) is 45.9 Å². The predicted octanol–water partition coefficient (Wildman–Crippen LogP) is 7.34. The first-order valence-electron chi connectivity index (χ1n) is 15.7. The molecule has 0 aliphatic heterocycles. The molecule has 4 fully saturated rings. The zero-order chi connectivity index (χ0) is 27.7. The highest BCUT2D eigenvalue weighted by molar-refractivity contribution is 6.03. The molecule has 11 atom stereocenters. The molecule has 0 saturated heterocycles. The van der Waals surface area contributed by atoms with E-state index in [0.29, 0.717) is 47.0 Å². The van der Waals surface area contributed by atoms with Crippen molar-refractivity contribution in [2.45, 2.75) is 97.7 Å². The van der Waals surface area contributed by atoms with Gasteiger partial charge in [0.05, 0.1) is 17.8 Å². The molecule has 0 spiro atoms. The molecule has 4 saturated carbocycles. The van der Waals surface area contributed by atoms with Crippen LogP contribution in [0.1, 0.15) is 95.0 Å². The second-order valence-electron chi connectivity index (χ2n) is 14.5. The van der Waals surface area contributed by atoms with Gasteiger partial charge in [-0.15, -0.1) is 0 Å². The van der Waals surface area contributed by atoms with E-state index in [9.17, 15) is 20.1 Å². The average molecular weight is 533 g/mol. The Balaban J connectivity index is 1.26. The molecule has 0 aromatic heterocycles. The first kappa shape index (κ1) is 27.3. The number of carbonyl (C=O) groups is 1. The van der Waals surface area contributed by atoms with Crippen molar-refractivity contribution < 1.29 is 20.1 Å². The number of benzene rings is 2. The van der Waals surface area contributed by atoms with Crippen molar-refractivity contribution in [3.8, 4) is 0 Å². The predicted molar refractivity (Wildman–Crippen MR) is 156 cm³/mol. The van der Waals surface area contributed by atoms with Crippen LogP contribution in [0, 0.1) is 52.3 Å². The number of fused-ring (bicyclic) bond motifs is 6. The molecule has 4 aliphatic carbocycles. The zero-order valence-corrected chi connectivity index (χ0v) is 24.3. The van der Waals surface area contributed by atoms with E-state index in [1.165, 1.54) is 31.2 Å². The molecule has 6 rings (SSSR count). The van der Waals surface area contributed by atoms with Gasteiger partial charge >= 0.3 is 5.97 Å². The first-order chi connectivity index (χ1) is 18.6. The number of aliphatic hydroxyl groups excluding tert-OH is 2. The van der Waals surface area contributed by atoms with Gasteiger partial charge in [0.2, 0.25) is 0 Å². The maximum Gasteiger partial charge on any atom is 0.336 e. The molecule has 4 unspecified atom stereocenters. The van der Waals surface area contributed by atoms with Gasteiger partial charge in [-0.25, -0.2) is 4.79 Å². The summed E-state index contributed by atoms with van der Waals surface area (Å²) in [6, 6.07) is 11.9. The van der Waals surface area contributed by atoms with Gasteiger partial charge in [-0.1, -0.05) is 64.4 Å². The standard InChI is InChI=1S/C35H48O4/c1-5-24-30-19-23(36)13-15-35(30,4)29-14-16-34(3)27(11-12-28(34)31(29)32(24)37)20(2)17-21-9-10-22-7-6-8-25(33(38)39)26(22)18-21/h6-10,18,20,23-24,27-32,36-37H,5,11-17,19H2,1-4H3,(H,38,39)/t20-,23-,24-,27-,28?,29?,30+,31?,32?,34-,35-/m1/s1. The van der Waals surface area contributed by atoms with E-state index in [1.54, 1.807) is 6.07 Å². The topological polar surface area (TPSA) is 77.8 Å². The molecule has 212 valence electrons. The number of rotatable bonds is 5. The van der Waals surface area contributed by atoms with Crippen LogP contribution in [0.2, 0.25) is 0 Å². The lowest BCUT2D eigenvalue weighted by Gasteiger charge is -2.64. The van der Waals surface area contributed by atoms with Crippen LogP contribution in [0.4, 0.5) is 0 Å². The summed E-state index contributed by atoms with van der Waals surface area (Å²) in [6.45, 7) is 9.70. The van der Waals surface area contributed by atoms with Crippen molar-refractivity contribution in [1.82, 2.24) is 0 Å². The molecule has 39 heavy (non-hydrogen) atoms. The Bertz CT molecular complexity index is 1240. The Kier molecular flexibility index (Phi) is 6.90. The summed E-state index contributed by atoms with van der Waals surface area (Å²) in [5, 5.41) is 34.1. The summed E-state index contributed by atoms with van der Waals surface area (Å²) in [4.78, 5) is 11.8. The Labute approximate surface area is 234 Å². The molecule has 4 nitrogen and oxygen atoms in total. The molecule has 0 amide bonds. The second-order valence-corrected chi connectivity index (χ2v) is 14.5. The van der Waals surface area contributed by atoms with Gasteiger partial charge in [-0.3, -0.25) is 0 Å². The summed E-state index contributed by atoms with van der Waals surface area (Å²) >= 11 is 0. The maximum absolute atomic E-state index is 12.0. The average Bonchev–Trinajstić information content (AvgIpc) is 3.26. The fourth-order valence-electron chi connectivity index (χ4n) is 11.1. The lowest BCUT2D eigenvalue weighted by Crippen LogP contribution is -2.62. The molecule has 2 aromatic carbocycles. The third-order valence-electron chi connectivity index (χ3n) is 12.9. The normalized spacial score (nSPS) is 42.4. The number of aliphatic hydroxyl groups is 2. The lowest BCUT2D eigenvalue weighted by atomic mass is 9.41. The summed E-state index contributed by atoms with van der Waals surface area (Å²) in [7, 11) is 0. The molecule has 0 radical (unpaired) electrons. The van der Waals surface area contributed by atoms with E-state index < -0.39 is 5.97 Å². The minimum atomic E-state index is -0.867. The Morgan fingerprint density at radius 2 is 1.72 bits per heavy atom. The number of carboxylic acid groups (broad SMARTS) is 1. The minimum absolute atomic E-state index is 0.201. The van der Waals surface area contributed by atoms with Gasteiger partial charge in [-0.05, 0) is 126 Å². The van der Waals surface area contributed by atoms with Crippen LogP contribution in [0.15, 0.2) is 36.4 Å². The molecule has 4 aliphatic rings. The van der Waals surface area contributed by atoms with Gasteiger partial charge < -0.3 is 15.3 Å². The fourth-order valence-corrected chi connectivity index (χ4v) is 11.1. The third kappa shape index (κ3) is 4.19. The lowest BCUT2D eigenvalue weighted by molar-refractivity contribution is -0.203. The van der Waals surface area contributed by atoms with Crippen molar-refractivity contribution in [3.05, 3.63) is 47.5 Å². The maximum atomic E-state index is 12.0. The van der Waals surface area contributed by atoms with E-state index in [0.717, 1.165) is 42.9 Å². The molecular formula is C35H48O4. The van der Waals surface area contributed by atoms with Crippen LogP contribution < -0.4 is 0 Å². The molecule has 3 N–H and O–H groups in total. The summed E-state index contributed by atoms with van der Waals surface area (Å²) < 4.78 is 0. The highest BCUT2D eigenvalue weighted by Crippen LogP contribution is 2.69. The van der Waals surface area contributed by atoms with Gasteiger partial charge in [-0.2, -0.15) is 0 Å². The number of carboxylic acids is 1. The third-order valence-corrected chi connectivity index (χ3v) is 12.9. The van der Waals surface area contributed by atoms with Crippen molar-refractivity contribution in [2.24, 2.45) is 52.3 Å². The number of hydrogen-bond donors (Lipinski definition) is 3. The quantitative estimate of drug-likeness (QED) is 0.376. The fraction of sp³-hybridized carbons (Fsp3) is 0.686. The molecule has 2 aromatic rings. The van der Waals surface area contributed by atoms with Crippen molar-refractivity contribution in [3.63, 3.8) is 0 Å². The van der Waals surface area contributed by atoms with E-state index in [4.69, 9.17) is 0 Å². The van der Waals surface area contributed by atoms with Gasteiger partial charge in [0, 0.05) is 0 Å². The van der Waals surface area contributed by atoms with Gasteiger partial charge in [0.15, 0.2) is 0 Å². The summed E-state index contributed by atoms with van der Waals surface area (Å²) in [6.07, 6.45) is 9.28. The van der Waals surface area contributed by atoms with Gasteiger partial charge in [0.25, 0.3) is 0 Å². The van der Waals surface area contributed by atoms with Gasteiger partial charge in [0.1, 0.15) is 0 Å². The minimum Gasteiger partial charge on any atom is -0.478 e. The largest absolute Gasteiger partial charge is 0.478 e. The Hall–Kier alpha value is -1.91. The number of hydrogen-bond acceptors (Lipinski definition) is 3. The van der Waals surface area contributed by atoms with Crippen LogP contribution in [0.3, 0.4) is 0 Å². The van der Waals surface area contributed by atoms with Crippen molar-refractivity contribution in [2.75, 3.05) is 0 Å². The SMILES string of the molecule is CC[C@H]1C(O)C2C3CC[C@H]([C@H](C)Cc4ccc5cccc(C(=O)O)c5c4)[C@@]3(C)CCC2[C@@]2(C)CC[C@@H](O)C[C@@H]12. The molecule has 4 heteroatoms. The van der Waals surface area contributed by atoms with Crippen LogP contribution in [-0.4, -0.2) is 33.5 Å². The van der Waals surface area contributed by atoms with E-state index in [-0.39, 0.29) is 23.0 Å². The Morgan fingerprint density at radius 3 is 2.46 bits per heavy atom.